The molecule has 4 nitrogen and oxygen atoms in total. The van der Waals surface area contributed by atoms with Crippen molar-refractivity contribution in [1.29, 1.82) is 0 Å². The molecule has 1 saturated carbocycles. The van der Waals surface area contributed by atoms with Gasteiger partial charge in [0.2, 0.25) is 0 Å². The minimum absolute atomic E-state index is 0.283. The van der Waals surface area contributed by atoms with Gasteiger partial charge in [-0.1, -0.05) is 11.6 Å². The van der Waals surface area contributed by atoms with Gasteiger partial charge in [-0.05, 0) is 56.0 Å². The fraction of sp³-hybridized carbons (Fsp3) is 0.375. The average molecular weight is 305 g/mol. The number of ether oxygens (including phenoxy) is 2. The molecule has 1 aromatic heterocycles. The minimum atomic E-state index is 0.283. The van der Waals surface area contributed by atoms with Crippen LogP contribution in [0.15, 0.2) is 30.3 Å². The second-order valence-electron chi connectivity index (χ2n) is 5.13. The van der Waals surface area contributed by atoms with E-state index in [1.807, 2.05) is 24.3 Å². The van der Waals surface area contributed by atoms with Gasteiger partial charge < -0.3 is 9.47 Å². The van der Waals surface area contributed by atoms with Crippen LogP contribution in [0, 0.1) is 0 Å². The third-order valence-electron chi connectivity index (χ3n) is 3.69. The Bertz CT molecular complexity index is 610. The maximum absolute atomic E-state index is 6.08. The predicted molar refractivity (Wildman–Crippen MR) is 81.9 cm³/mol. The molecule has 0 atom stereocenters. The third-order valence-corrected chi connectivity index (χ3v) is 3.89. The summed E-state index contributed by atoms with van der Waals surface area (Å²) in [7, 11) is 1.65. The van der Waals surface area contributed by atoms with Gasteiger partial charge >= 0.3 is 0 Å². The smallest absolute Gasteiger partial charge is 0.162 e. The highest BCUT2D eigenvalue weighted by molar-refractivity contribution is 6.29. The van der Waals surface area contributed by atoms with Crippen molar-refractivity contribution in [3.8, 4) is 22.8 Å². The molecule has 21 heavy (non-hydrogen) atoms. The van der Waals surface area contributed by atoms with Gasteiger partial charge in [0.25, 0.3) is 0 Å². The number of aromatic nitrogens is 2. The van der Waals surface area contributed by atoms with Crippen LogP contribution in [0.25, 0.3) is 11.3 Å². The standard InChI is InChI=1S/C16H17ClN2O2/c1-20-14-8-6-11(13-7-9-16(17)19-18-13)10-15(14)21-12-4-2-3-5-12/h6-10,12H,2-5H2,1H3. The second kappa shape index (κ2) is 6.31. The molecular weight excluding hydrogens is 288 g/mol. The highest BCUT2D eigenvalue weighted by atomic mass is 35.5. The van der Waals surface area contributed by atoms with Crippen LogP contribution >= 0.6 is 11.6 Å². The fourth-order valence-electron chi connectivity index (χ4n) is 2.58. The van der Waals surface area contributed by atoms with E-state index in [9.17, 15) is 0 Å². The summed E-state index contributed by atoms with van der Waals surface area (Å²) in [5, 5.41) is 8.36. The molecule has 0 amide bonds. The highest BCUT2D eigenvalue weighted by Gasteiger charge is 2.19. The van der Waals surface area contributed by atoms with Gasteiger partial charge in [-0.25, -0.2) is 0 Å². The fourth-order valence-corrected chi connectivity index (χ4v) is 2.68. The molecule has 1 aliphatic rings. The number of nitrogens with zero attached hydrogens (tertiary/aromatic N) is 2. The lowest BCUT2D eigenvalue weighted by Gasteiger charge is -2.16. The molecule has 3 rings (SSSR count). The third kappa shape index (κ3) is 3.27. The molecule has 0 saturated heterocycles. The van der Waals surface area contributed by atoms with E-state index in [-0.39, 0.29) is 6.10 Å². The quantitative estimate of drug-likeness (QED) is 0.852. The molecule has 1 aromatic carbocycles. The lowest BCUT2D eigenvalue weighted by molar-refractivity contribution is 0.201. The molecule has 0 aliphatic heterocycles. The molecule has 0 unspecified atom stereocenters. The van der Waals surface area contributed by atoms with Crippen LogP contribution in [0.3, 0.4) is 0 Å². The van der Waals surface area contributed by atoms with Crippen LogP contribution < -0.4 is 9.47 Å². The van der Waals surface area contributed by atoms with Crippen LogP contribution in [0.5, 0.6) is 11.5 Å². The molecule has 110 valence electrons. The first kappa shape index (κ1) is 14.1. The van der Waals surface area contributed by atoms with Gasteiger partial charge in [0, 0.05) is 5.56 Å². The summed E-state index contributed by atoms with van der Waals surface area (Å²) in [5.74, 6) is 1.51. The number of benzene rings is 1. The van der Waals surface area contributed by atoms with Crippen molar-refractivity contribution in [3.05, 3.63) is 35.5 Å². The summed E-state index contributed by atoms with van der Waals surface area (Å²) in [6, 6.07) is 9.37. The molecule has 0 N–H and O–H groups in total. The Labute approximate surface area is 129 Å². The van der Waals surface area contributed by atoms with Gasteiger partial charge in [0.1, 0.15) is 0 Å². The first-order valence-electron chi connectivity index (χ1n) is 7.10. The van der Waals surface area contributed by atoms with Gasteiger partial charge in [-0.15, -0.1) is 10.2 Å². The molecule has 1 fully saturated rings. The minimum Gasteiger partial charge on any atom is -0.493 e. The Kier molecular flexibility index (Phi) is 4.25. The van der Waals surface area contributed by atoms with E-state index in [1.54, 1.807) is 13.2 Å². The number of hydrogen-bond acceptors (Lipinski definition) is 4. The SMILES string of the molecule is COc1ccc(-c2ccc(Cl)nn2)cc1OC1CCCC1. The van der Waals surface area contributed by atoms with Crippen molar-refractivity contribution in [1.82, 2.24) is 10.2 Å². The van der Waals surface area contributed by atoms with Crippen molar-refractivity contribution < 1.29 is 9.47 Å². The largest absolute Gasteiger partial charge is 0.493 e. The van der Waals surface area contributed by atoms with Gasteiger partial charge in [-0.2, -0.15) is 0 Å². The zero-order chi connectivity index (χ0) is 14.7. The van der Waals surface area contributed by atoms with Crippen molar-refractivity contribution in [2.45, 2.75) is 31.8 Å². The lowest BCUT2D eigenvalue weighted by Crippen LogP contribution is -2.11. The highest BCUT2D eigenvalue weighted by Crippen LogP contribution is 2.34. The predicted octanol–water partition coefficient (Wildman–Crippen LogP) is 4.13. The van der Waals surface area contributed by atoms with E-state index >= 15 is 0 Å². The first-order chi connectivity index (χ1) is 10.3. The molecule has 5 heteroatoms. The molecule has 1 heterocycles. The van der Waals surface area contributed by atoms with E-state index < -0.39 is 0 Å². The Hall–Kier alpha value is -1.81. The topological polar surface area (TPSA) is 44.2 Å². The van der Waals surface area contributed by atoms with Crippen LogP contribution in [0.2, 0.25) is 5.15 Å². The van der Waals surface area contributed by atoms with E-state index in [4.69, 9.17) is 21.1 Å². The normalized spacial score (nSPS) is 15.1. The Morgan fingerprint density at radius 1 is 1.05 bits per heavy atom. The zero-order valence-electron chi connectivity index (χ0n) is 11.9. The van der Waals surface area contributed by atoms with Crippen LogP contribution in [0.1, 0.15) is 25.7 Å². The molecule has 0 spiro atoms. The molecule has 2 aromatic rings. The van der Waals surface area contributed by atoms with E-state index in [0.717, 1.165) is 35.6 Å². The van der Waals surface area contributed by atoms with Gasteiger partial charge in [0.15, 0.2) is 16.7 Å². The Balaban J connectivity index is 1.89. The summed E-state index contributed by atoms with van der Waals surface area (Å²) < 4.78 is 11.5. The number of methoxy groups -OCH3 is 1. The number of hydrogen-bond donors (Lipinski definition) is 0. The van der Waals surface area contributed by atoms with Crippen LogP contribution in [-0.4, -0.2) is 23.4 Å². The van der Waals surface area contributed by atoms with E-state index in [1.165, 1.54) is 12.8 Å². The summed E-state index contributed by atoms with van der Waals surface area (Å²) in [4.78, 5) is 0. The summed E-state index contributed by atoms with van der Waals surface area (Å²) in [6.07, 6.45) is 4.96. The Morgan fingerprint density at radius 3 is 2.52 bits per heavy atom. The lowest BCUT2D eigenvalue weighted by atomic mass is 10.1. The molecule has 0 radical (unpaired) electrons. The van der Waals surface area contributed by atoms with E-state index in [0.29, 0.717) is 5.15 Å². The van der Waals surface area contributed by atoms with Crippen molar-refractivity contribution >= 4 is 11.6 Å². The number of rotatable bonds is 4. The zero-order valence-corrected chi connectivity index (χ0v) is 12.6. The summed E-state index contributed by atoms with van der Waals surface area (Å²) in [5.41, 5.74) is 1.70. The summed E-state index contributed by atoms with van der Waals surface area (Å²) in [6.45, 7) is 0. The van der Waals surface area contributed by atoms with Crippen LogP contribution in [0.4, 0.5) is 0 Å². The molecule has 1 aliphatic carbocycles. The second-order valence-corrected chi connectivity index (χ2v) is 5.52. The first-order valence-corrected chi connectivity index (χ1v) is 7.48. The maximum atomic E-state index is 6.08. The number of halogens is 1. The van der Waals surface area contributed by atoms with Gasteiger partial charge in [-0.3, -0.25) is 0 Å². The average Bonchev–Trinajstić information content (AvgIpc) is 3.01. The monoisotopic (exact) mass is 304 g/mol. The van der Waals surface area contributed by atoms with Gasteiger partial charge in [0.05, 0.1) is 18.9 Å². The van der Waals surface area contributed by atoms with Crippen LogP contribution in [-0.2, 0) is 0 Å². The Morgan fingerprint density at radius 2 is 1.86 bits per heavy atom. The molecular formula is C16H17ClN2O2. The van der Waals surface area contributed by atoms with Crippen molar-refractivity contribution in [2.24, 2.45) is 0 Å². The van der Waals surface area contributed by atoms with Crippen molar-refractivity contribution in [3.63, 3.8) is 0 Å². The molecule has 0 bridgehead atoms. The van der Waals surface area contributed by atoms with E-state index in [2.05, 4.69) is 10.2 Å². The maximum Gasteiger partial charge on any atom is 0.162 e. The summed E-state index contributed by atoms with van der Waals surface area (Å²) >= 11 is 5.77. The van der Waals surface area contributed by atoms with Crippen molar-refractivity contribution in [2.75, 3.05) is 7.11 Å².